The summed E-state index contributed by atoms with van der Waals surface area (Å²) in [6, 6.07) is 2.58. The van der Waals surface area contributed by atoms with Crippen LogP contribution in [0.1, 0.15) is 64.6 Å². The fourth-order valence-corrected chi connectivity index (χ4v) is 3.51. The van der Waals surface area contributed by atoms with Gasteiger partial charge in [0.05, 0.1) is 0 Å². The van der Waals surface area contributed by atoms with E-state index >= 15 is 0 Å². The van der Waals surface area contributed by atoms with Crippen molar-refractivity contribution in [3.63, 3.8) is 0 Å². The molecule has 112 valence electrons. The first-order valence-corrected chi connectivity index (χ1v) is 8.80. The van der Waals surface area contributed by atoms with Gasteiger partial charge in [0.1, 0.15) is 16.2 Å². The van der Waals surface area contributed by atoms with Crippen molar-refractivity contribution in [2.24, 2.45) is 5.92 Å². The maximum Gasteiger partial charge on any atom is 0.132 e. The van der Waals surface area contributed by atoms with Crippen molar-refractivity contribution in [2.45, 2.75) is 71.3 Å². The van der Waals surface area contributed by atoms with Crippen LogP contribution in [0.2, 0.25) is 0 Å². The highest BCUT2D eigenvalue weighted by Crippen LogP contribution is 2.29. The highest BCUT2D eigenvalue weighted by Gasteiger charge is 2.20. The zero-order valence-corrected chi connectivity index (χ0v) is 14.2. The fraction of sp³-hybridized carbons (Fsp3) is 0.750. The lowest BCUT2D eigenvalue weighted by atomic mass is 9.83. The maximum absolute atomic E-state index is 4.62. The van der Waals surface area contributed by atoms with E-state index in [1.807, 2.05) is 6.07 Å². The second-order valence-electron chi connectivity index (χ2n) is 5.89. The summed E-state index contributed by atoms with van der Waals surface area (Å²) in [5.41, 5.74) is 0. The van der Waals surface area contributed by atoms with Crippen LogP contribution in [0.25, 0.3) is 0 Å². The number of anilines is 1. The summed E-state index contributed by atoms with van der Waals surface area (Å²) in [4.78, 5) is 9.04. The Labute approximate surface area is 131 Å². The van der Waals surface area contributed by atoms with E-state index in [1.165, 1.54) is 38.5 Å². The Kier molecular flexibility index (Phi) is 6.27. The number of nitrogens with one attached hydrogen (secondary N) is 1. The molecular weight excluding hydrogens is 314 g/mol. The minimum absolute atomic E-state index is 0.583. The SMILES string of the molecule is CCCc1nc(Br)cc(NC2CCC(CCC)CC2)n1. The van der Waals surface area contributed by atoms with Crippen molar-refractivity contribution in [2.75, 3.05) is 5.32 Å². The van der Waals surface area contributed by atoms with Crippen LogP contribution in [-0.2, 0) is 6.42 Å². The van der Waals surface area contributed by atoms with Crippen LogP contribution in [0.4, 0.5) is 5.82 Å². The second-order valence-corrected chi connectivity index (χ2v) is 6.71. The third-order valence-corrected chi connectivity index (χ3v) is 4.52. The maximum atomic E-state index is 4.62. The molecule has 0 aliphatic heterocycles. The number of halogens is 1. The first-order valence-electron chi connectivity index (χ1n) is 8.01. The third kappa shape index (κ3) is 4.72. The first kappa shape index (κ1) is 15.7. The van der Waals surface area contributed by atoms with Gasteiger partial charge in [-0.2, -0.15) is 0 Å². The largest absolute Gasteiger partial charge is 0.367 e. The topological polar surface area (TPSA) is 37.8 Å². The molecule has 0 spiro atoms. The van der Waals surface area contributed by atoms with Crippen LogP contribution in [-0.4, -0.2) is 16.0 Å². The van der Waals surface area contributed by atoms with Crippen molar-refractivity contribution in [1.29, 1.82) is 0 Å². The fourth-order valence-electron chi connectivity index (χ4n) is 3.09. The second kappa shape index (κ2) is 7.96. The Morgan fingerprint density at radius 2 is 1.90 bits per heavy atom. The number of aromatic nitrogens is 2. The van der Waals surface area contributed by atoms with E-state index in [0.717, 1.165) is 35.0 Å². The van der Waals surface area contributed by atoms with Crippen molar-refractivity contribution >= 4 is 21.7 Å². The van der Waals surface area contributed by atoms with Gasteiger partial charge in [-0.05, 0) is 54.0 Å². The molecule has 20 heavy (non-hydrogen) atoms. The van der Waals surface area contributed by atoms with E-state index in [9.17, 15) is 0 Å². The van der Waals surface area contributed by atoms with E-state index in [2.05, 4.69) is 45.1 Å². The average Bonchev–Trinajstić information content (AvgIpc) is 2.41. The van der Waals surface area contributed by atoms with Gasteiger partial charge in [0.15, 0.2) is 0 Å². The molecule has 1 fully saturated rings. The molecule has 1 aromatic rings. The zero-order chi connectivity index (χ0) is 14.4. The van der Waals surface area contributed by atoms with Crippen LogP contribution in [0.5, 0.6) is 0 Å². The summed E-state index contributed by atoms with van der Waals surface area (Å²) >= 11 is 3.49. The Morgan fingerprint density at radius 1 is 1.15 bits per heavy atom. The molecular formula is C16H26BrN3. The number of aryl methyl sites for hydroxylation is 1. The lowest BCUT2D eigenvalue weighted by molar-refractivity contribution is 0.318. The molecule has 1 N–H and O–H groups in total. The van der Waals surface area contributed by atoms with Crippen molar-refractivity contribution in [3.8, 4) is 0 Å². The van der Waals surface area contributed by atoms with Crippen molar-refractivity contribution in [3.05, 3.63) is 16.5 Å². The molecule has 1 heterocycles. The first-order chi connectivity index (χ1) is 9.71. The molecule has 0 saturated heterocycles. The monoisotopic (exact) mass is 339 g/mol. The minimum Gasteiger partial charge on any atom is -0.367 e. The Morgan fingerprint density at radius 3 is 2.55 bits per heavy atom. The molecule has 2 rings (SSSR count). The lowest BCUT2D eigenvalue weighted by Gasteiger charge is -2.29. The predicted octanol–water partition coefficient (Wildman–Crippen LogP) is 4.96. The molecule has 0 unspecified atom stereocenters. The van der Waals surface area contributed by atoms with Gasteiger partial charge in [-0.3, -0.25) is 0 Å². The van der Waals surface area contributed by atoms with Crippen LogP contribution in [0.3, 0.4) is 0 Å². The molecule has 0 atom stereocenters. The summed E-state index contributed by atoms with van der Waals surface area (Å²) < 4.78 is 0.887. The number of hydrogen-bond donors (Lipinski definition) is 1. The minimum atomic E-state index is 0.583. The summed E-state index contributed by atoms with van der Waals surface area (Å²) in [6.07, 6.45) is 10.0. The standard InChI is InChI=1S/C16H26BrN3/c1-3-5-12-7-9-13(10-8-12)18-16-11-14(17)19-15(20-16)6-4-2/h11-13H,3-10H2,1-2H3,(H,18,19,20). The van der Waals surface area contributed by atoms with Gasteiger partial charge in [0.2, 0.25) is 0 Å². The smallest absolute Gasteiger partial charge is 0.132 e. The van der Waals surface area contributed by atoms with E-state index < -0.39 is 0 Å². The molecule has 1 aliphatic rings. The molecule has 1 aliphatic carbocycles. The van der Waals surface area contributed by atoms with E-state index in [1.54, 1.807) is 0 Å². The average molecular weight is 340 g/mol. The Bertz CT molecular complexity index is 414. The highest BCUT2D eigenvalue weighted by atomic mass is 79.9. The molecule has 3 nitrogen and oxygen atoms in total. The van der Waals surface area contributed by atoms with Gasteiger partial charge < -0.3 is 5.32 Å². The molecule has 4 heteroatoms. The van der Waals surface area contributed by atoms with Crippen LogP contribution < -0.4 is 5.32 Å². The molecule has 0 radical (unpaired) electrons. The van der Waals surface area contributed by atoms with Gasteiger partial charge in [0.25, 0.3) is 0 Å². The van der Waals surface area contributed by atoms with Crippen LogP contribution >= 0.6 is 15.9 Å². The third-order valence-electron chi connectivity index (χ3n) is 4.11. The van der Waals surface area contributed by atoms with Gasteiger partial charge in [-0.15, -0.1) is 0 Å². The number of rotatable bonds is 6. The zero-order valence-electron chi connectivity index (χ0n) is 12.7. The van der Waals surface area contributed by atoms with Gasteiger partial charge in [0, 0.05) is 18.5 Å². The van der Waals surface area contributed by atoms with Crippen molar-refractivity contribution in [1.82, 2.24) is 9.97 Å². The lowest BCUT2D eigenvalue weighted by Crippen LogP contribution is -2.26. The van der Waals surface area contributed by atoms with Crippen LogP contribution in [0, 0.1) is 5.92 Å². The van der Waals surface area contributed by atoms with E-state index in [0.29, 0.717) is 6.04 Å². The molecule has 1 saturated carbocycles. The normalized spacial score (nSPS) is 22.8. The van der Waals surface area contributed by atoms with Gasteiger partial charge in [-0.25, -0.2) is 9.97 Å². The van der Waals surface area contributed by atoms with E-state index in [-0.39, 0.29) is 0 Å². The number of hydrogen-bond acceptors (Lipinski definition) is 3. The number of nitrogens with zero attached hydrogens (tertiary/aromatic N) is 2. The van der Waals surface area contributed by atoms with E-state index in [4.69, 9.17) is 0 Å². The Hall–Kier alpha value is -0.640. The molecule has 0 bridgehead atoms. The summed E-state index contributed by atoms with van der Waals surface area (Å²) in [7, 11) is 0. The molecule has 0 amide bonds. The van der Waals surface area contributed by atoms with Crippen molar-refractivity contribution < 1.29 is 0 Å². The quantitative estimate of drug-likeness (QED) is 0.744. The highest BCUT2D eigenvalue weighted by molar-refractivity contribution is 9.10. The van der Waals surface area contributed by atoms with Gasteiger partial charge in [-0.1, -0.05) is 26.7 Å². The molecule has 0 aromatic carbocycles. The van der Waals surface area contributed by atoms with Crippen LogP contribution in [0.15, 0.2) is 10.7 Å². The summed E-state index contributed by atoms with van der Waals surface area (Å²) in [5, 5.41) is 3.60. The molecule has 1 aromatic heterocycles. The summed E-state index contributed by atoms with van der Waals surface area (Å²) in [6.45, 7) is 4.45. The Balaban J connectivity index is 1.90. The predicted molar refractivity (Wildman–Crippen MR) is 88.0 cm³/mol. The van der Waals surface area contributed by atoms with Gasteiger partial charge >= 0.3 is 0 Å². The summed E-state index contributed by atoms with van der Waals surface area (Å²) in [5.74, 6) is 2.86.